The average Bonchev–Trinajstić information content (AvgIpc) is 3.16. The van der Waals surface area contributed by atoms with Gasteiger partial charge in [0.05, 0.1) is 24.2 Å². The number of nitrogens with zero attached hydrogens (tertiary/aromatic N) is 5. The third-order valence-electron chi connectivity index (χ3n) is 5.14. The standard InChI is InChI=1S/C19H22N6O/c1-2-4-16-15(3-1)22-18(19(23-16)24-9-11-26-12-10-24)21-14-5-6-17-20-7-8-25(17)13-14/h1-4,7-8,14H,5-6,9-13H2,(H,21,22). The lowest BCUT2D eigenvalue weighted by Gasteiger charge is -2.31. The normalized spacial score (nSPS) is 20.2. The van der Waals surface area contributed by atoms with Crippen molar-refractivity contribution in [3.05, 3.63) is 42.5 Å². The Balaban J connectivity index is 1.48. The summed E-state index contributed by atoms with van der Waals surface area (Å²) in [6, 6.07) is 8.38. The van der Waals surface area contributed by atoms with Gasteiger partial charge >= 0.3 is 0 Å². The molecule has 7 nitrogen and oxygen atoms in total. The Morgan fingerprint density at radius 3 is 2.73 bits per heavy atom. The summed E-state index contributed by atoms with van der Waals surface area (Å²) in [5, 5.41) is 3.66. The topological polar surface area (TPSA) is 68.1 Å². The summed E-state index contributed by atoms with van der Waals surface area (Å²) in [5.74, 6) is 2.98. The van der Waals surface area contributed by atoms with E-state index in [1.807, 2.05) is 30.5 Å². The summed E-state index contributed by atoms with van der Waals surface area (Å²) in [4.78, 5) is 16.5. The Morgan fingerprint density at radius 2 is 1.88 bits per heavy atom. The predicted molar refractivity (Wildman–Crippen MR) is 101 cm³/mol. The van der Waals surface area contributed by atoms with Crippen molar-refractivity contribution in [3.8, 4) is 0 Å². The van der Waals surface area contributed by atoms with Crippen LogP contribution in [0.5, 0.6) is 0 Å². The summed E-state index contributed by atoms with van der Waals surface area (Å²) in [5.41, 5.74) is 1.85. The molecule has 5 rings (SSSR count). The number of anilines is 2. The van der Waals surface area contributed by atoms with E-state index in [1.165, 1.54) is 5.82 Å². The molecule has 26 heavy (non-hydrogen) atoms. The maximum Gasteiger partial charge on any atom is 0.172 e. The molecule has 0 spiro atoms. The van der Waals surface area contributed by atoms with Gasteiger partial charge in [0.25, 0.3) is 0 Å². The van der Waals surface area contributed by atoms with Crippen molar-refractivity contribution in [2.45, 2.75) is 25.4 Å². The molecule has 2 aromatic heterocycles. The molecular weight excluding hydrogens is 328 g/mol. The van der Waals surface area contributed by atoms with Crippen molar-refractivity contribution in [2.24, 2.45) is 0 Å². The molecule has 134 valence electrons. The van der Waals surface area contributed by atoms with Crippen LogP contribution in [0.25, 0.3) is 11.0 Å². The number of aromatic nitrogens is 4. The largest absolute Gasteiger partial charge is 0.378 e. The van der Waals surface area contributed by atoms with E-state index in [-0.39, 0.29) is 0 Å². The van der Waals surface area contributed by atoms with E-state index in [0.29, 0.717) is 6.04 Å². The van der Waals surface area contributed by atoms with E-state index in [1.54, 1.807) is 0 Å². The van der Waals surface area contributed by atoms with Crippen LogP contribution in [0.3, 0.4) is 0 Å². The Morgan fingerprint density at radius 1 is 1.08 bits per heavy atom. The monoisotopic (exact) mass is 350 g/mol. The quantitative estimate of drug-likeness (QED) is 0.780. The van der Waals surface area contributed by atoms with Crippen molar-refractivity contribution in [2.75, 3.05) is 36.5 Å². The number of hydrogen-bond donors (Lipinski definition) is 1. The van der Waals surface area contributed by atoms with Gasteiger partial charge in [0.2, 0.25) is 0 Å². The van der Waals surface area contributed by atoms with Gasteiger partial charge in [-0.2, -0.15) is 0 Å². The van der Waals surface area contributed by atoms with Crippen LogP contribution >= 0.6 is 0 Å². The van der Waals surface area contributed by atoms with E-state index in [2.05, 4.69) is 26.0 Å². The minimum Gasteiger partial charge on any atom is -0.378 e. The van der Waals surface area contributed by atoms with Gasteiger partial charge in [-0.3, -0.25) is 0 Å². The molecule has 1 atom stereocenters. The first-order valence-electron chi connectivity index (χ1n) is 9.23. The van der Waals surface area contributed by atoms with Crippen LogP contribution < -0.4 is 10.2 Å². The first kappa shape index (κ1) is 15.6. The van der Waals surface area contributed by atoms with Crippen LogP contribution in [-0.4, -0.2) is 51.9 Å². The molecule has 4 heterocycles. The summed E-state index contributed by atoms with van der Waals surface area (Å²) in [6.07, 6.45) is 5.97. The number of aryl methyl sites for hydroxylation is 1. The highest BCUT2D eigenvalue weighted by Crippen LogP contribution is 2.28. The van der Waals surface area contributed by atoms with Crippen molar-refractivity contribution >= 4 is 22.7 Å². The van der Waals surface area contributed by atoms with Crippen molar-refractivity contribution in [1.82, 2.24) is 19.5 Å². The van der Waals surface area contributed by atoms with E-state index < -0.39 is 0 Å². The molecule has 2 aliphatic heterocycles. The first-order valence-corrected chi connectivity index (χ1v) is 9.23. The van der Waals surface area contributed by atoms with Crippen LogP contribution in [0.4, 0.5) is 11.6 Å². The van der Waals surface area contributed by atoms with Crippen molar-refractivity contribution in [1.29, 1.82) is 0 Å². The SMILES string of the molecule is c1ccc2nc(N3CCOCC3)c(NC3CCc4nccn4C3)nc2c1. The van der Waals surface area contributed by atoms with Crippen LogP contribution in [0, 0.1) is 0 Å². The number of para-hydroxylation sites is 2. The van der Waals surface area contributed by atoms with Crippen LogP contribution in [0.2, 0.25) is 0 Å². The second-order valence-electron chi connectivity index (χ2n) is 6.86. The zero-order chi connectivity index (χ0) is 17.3. The van der Waals surface area contributed by atoms with Crippen LogP contribution in [0.15, 0.2) is 36.7 Å². The summed E-state index contributed by atoms with van der Waals surface area (Å²) < 4.78 is 7.73. The molecule has 2 aliphatic rings. The lowest BCUT2D eigenvalue weighted by atomic mass is 10.1. The Hall–Kier alpha value is -2.67. The molecule has 1 N–H and O–H groups in total. The van der Waals surface area contributed by atoms with E-state index in [9.17, 15) is 0 Å². The molecule has 0 aliphatic carbocycles. The highest BCUT2D eigenvalue weighted by atomic mass is 16.5. The molecule has 1 aromatic carbocycles. The molecule has 1 saturated heterocycles. The molecule has 0 amide bonds. The maximum atomic E-state index is 5.51. The second kappa shape index (κ2) is 6.57. The lowest BCUT2D eigenvalue weighted by Crippen LogP contribution is -2.38. The predicted octanol–water partition coefficient (Wildman–Crippen LogP) is 2.09. The average molecular weight is 350 g/mol. The minimum absolute atomic E-state index is 0.326. The third-order valence-corrected chi connectivity index (χ3v) is 5.14. The Labute approximate surface area is 152 Å². The van der Waals surface area contributed by atoms with Gasteiger partial charge in [0.15, 0.2) is 11.6 Å². The van der Waals surface area contributed by atoms with Crippen LogP contribution in [0.1, 0.15) is 12.2 Å². The highest BCUT2D eigenvalue weighted by Gasteiger charge is 2.23. The third kappa shape index (κ3) is 2.88. The summed E-state index contributed by atoms with van der Waals surface area (Å²) in [7, 11) is 0. The Bertz CT molecular complexity index is 917. The number of hydrogen-bond acceptors (Lipinski definition) is 6. The molecule has 0 bridgehead atoms. The van der Waals surface area contributed by atoms with Crippen LogP contribution in [-0.2, 0) is 17.7 Å². The number of fused-ring (bicyclic) bond motifs is 2. The minimum atomic E-state index is 0.326. The molecule has 0 saturated carbocycles. The highest BCUT2D eigenvalue weighted by molar-refractivity contribution is 5.80. The smallest absolute Gasteiger partial charge is 0.172 e. The van der Waals surface area contributed by atoms with Gasteiger partial charge in [0.1, 0.15) is 5.82 Å². The van der Waals surface area contributed by atoms with Crippen molar-refractivity contribution < 1.29 is 4.74 Å². The number of imidazole rings is 1. The van der Waals surface area contributed by atoms with Gasteiger partial charge in [-0.15, -0.1) is 0 Å². The zero-order valence-electron chi connectivity index (χ0n) is 14.6. The summed E-state index contributed by atoms with van der Waals surface area (Å²) in [6.45, 7) is 4.06. The first-order chi connectivity index (χ1) is 12.9. The molecule has 7 heteroatoms. The number of benzene rings is 1. The molecule has 1 fully saturated rings. The Kier molecular flexibility index (Phi) is 3.93. The molecule has 3 aromatic rings. The van der Waals surface area contributed by atoms with Gasteiger partial charge in [0, 0.05) is 44.5 Å². The van der Waals surface area contributed by atoms with E-state index in [0.717, 1.165) is 68.4 Å². The van der Waals surface area contributed by atoms with E-state index >= 15 is 0 Å². The van der Waals surface area contributed by atoms with E-state index in [4.69, 9.17) is 14.7 Å². The number of morpholine rings is 1. The van der Waals surface area contributed by atoms with Crippen molar-refractivity contribution in [3.63, 3.8) is 0 Å². The molecule has 0 radical (unpaired) electrons. The fourth-order valence-electron chi connectivity index (χ4n) is 3.76. The summed E-state index contributed by atoms with van der Waals surface area (Å²) >= 11 is 0. The lowest BCUT2D eigenvalue weighted by molar-refractivity contribution is 0.122. The number of rotatable bonds is 3. The van der Waals surface area contributed by atoms with Gasteiger partial charge in [-0.05, 0) is 18.6 Å². The molecular formula is C19H22N6O. The van der Waals surface area contributed by atoms with Gasteiger partial charge in [-0.1, -0.05) is 12.1 Å². The maximum absolute atomic E-state index is 5.51. The van der Waals surface area contributed by atoms with Gasteiger partial charge < -0.3 is 19.5 Å². The number of nitrogens with one attached hydrogen (secondary N) is 1. The number of ether oxygens (including phenoxy) is 1. The fraction of sp³-hybridized carbons (Fsp3) is 0.421. The second-order valence-corrected chi connectivity index (χ2v) is 6.86. The zero-order valence-corrected chi connectivity index (χ0v) is 14.6. The fourth-order valence-corrected chi connectivity index (χ4v) is 3.76. The molecule has 1 unspecified atom stereocenters. The van der Waals surface area contributed by atoms with Gasteiger partial charge in [-0.25, -0.2) is 15.0 Å².